The van der Waals surface area contributed by atoms with Crippen LogP contribution < -0.4 is 21.3 Å². The molecule has 1 aromatic heterocycles. The fourth-order valence-corrected chi connectivity index (χ4v) is 4.45. The SMILES string of the molecule is CCCCn1c2c(c(=O)n(C)c1=O)[C@H](c1ccc(OC)cc1)C1=C(CCCC1=O)N2. The third kappa shape index (κ3) is 3.18. The lowest BCUT2D eigenvalue weighted by atomic mass is 9.76. The smallest absolute Gasteiger partial charge is 0.332 e. The fourth-order valence-electron chi connectivity index (χ4n) is 4.45. The second-order valence-corrected chi connectivity index (χ2v) is 7.91. The minimum Gasteiger partial charge on any atom is -0.497 e. The minimum absolute atomic E-state index is 0.0589. The number of ketones is 1. The van der Waals surface area contributed by atoms with Crippen molar-refractivity contribution in [1.82, 2.24) is 9.13 Å². The molecule has 0 radical (unpaired) electrons. The van der Waals surface area contributed by atoms with Gasteiger partial charge in [0.15, 0.2) is 5.78 Å². The molecule has 1 aliphatic heterocycles. The average molecular weight is 409 g/mol. The Labute approximate surface area is 175 Å². The van der Waals surface area contributed by atoms with Crippen LogP contribution in [0.4, 0.5) is 5.82 Å². The number of benzene rings is 1. The Hall–Kier alpha value is -3.09. The summed E-state index contributed by atoms with van der Waals surface area (Å²) in [6, 6.07) is 7.46. The summed E-state index contributed by atoms with van der Waals surface area (Å²) in [5.41, 5.74) is 2.10. The van der Waals surface area contributed by atoms with Crippen LogP contribution in [0, 0.1) is 0 Å². The molecule has 0 saturated heterocycles. The van der Waals surface area contributed by atoms with Gasteiger partial charge in [-0.05, 0) is 37.0 Å². The summed E-state index contributed by atoms with van der Waals surface area (Å²) in [5, 5.41) is 3.32. The number of fused-ring (bicyclic) bond motifs is 1. The molecule has 2 heterocycles. The van der Waals surface area contributed by atoms with Crippen molar-refractivity contribution < 1.29 is 9.53 Å². The van der Waals surface area contributed by atoms with E-state index in [4.69, 9.17) is 4.74 Å². The van der Waals surface area contributed by atoms with Crippen molar-refractivity contribution in [1.29, 1.82) is 0 Å². The van der Waals surface area contributed by atoms with Crippen molar-refractivity contribution >= 4 is 11.6 Å². The number of carbonyl (C=O) groups excluding carboxylic acids is 1. The number of hydrogen-bond acceptors (Lipinski definition) is 5. The number of nitrogens with one attached hydrogen (secondary N) is 1. The molecule has 4 rings (SSSR count). The van der Waals surface area contributed by atoms with E-state index >= 15 is 0 Å². The Morgan fingerprint density at radius 2 is 1.87 bits per heavy atom. The van der Waals surface area contributed by atoms with E-state index < -0.39 is 5.92 Å². The van der Waals surface area contributed by atoms with Gasteiger partial charge in [0.1, 0.15) is 11.6 Å². The van der Waals surface area contributed by atoms with E-state index in [9.17, 15) is 14.4 Å². The number of unbranched alkanes of at least 4 members (excludes halogenated alkanes) is 1. The van der Waals surface area contributed by atoms with E-state index in [-0.39, 0.29) is 17.0 Å². The molecule has 0 saturated carbocycles. The van der Waals surface area contributed by atoms with E-state index in [0.29, 0.717) is 35.7 Å². The molecule has 1 aromatic carbocycles. The summed E-state index contributed by atoms with van der Waals surface area (Å²) < 4.78 is 8.08. The molecule has 0 unspecified atom stereocenters. The number of aromatic nitrogens is 2. The monoisotopic (exact) mass is 409 g/mol. The average Bonchev–Trinajstić information content (AvgIpc) is 2.76. The molecule has 7 heteroatoms. The summed E-state index contributed by atoms with van der Waals surface area (Å²) >= 11 is 0. The van der Waals surface area contributed by atoms with Gasteiger partial charge in [0.2, 0.25) is 0 Å². The Balaban J connectivity index is 2.01. The van der Waals surface area contributed by atoms with E-state index in [1.165, 1.54) is 7.05 Å². The molecule has 1 aliphatic carbocycles. The zero-order valence-corrected chi connectivity index (χ0v) is 17.7. The molecular formula is C23H27N3O4. The van der Waals surface area contributed by atoms with Crippen molar-refractivity contribution in [3.8, 4) is 5.75 Å². The Morgan fingerprint density at radius 1 is 1.13 bits per heavy atom. The predicted molar refractivity (Wildman–Crippen MR) is 115 cm³/mol. The van der Waals surface area contributed by atoms with Gasteiger partial charge in [-0.25, -0.2) is 4.79 Å². The number of anilines is 1. The van der Waals surface area contributed by atoms with E-state index in [0.717, 1.165) is 41.5 Å². The number of allylic oxidation sites excluding steroid dienone is 2. The highest BCUT2D eigenvalue weighted by molar-refractivity contribution is 6.00. The number of ether oxygens (including phenoxy) is 1. The largest absolute Gasteiger partial charge is 0.497 e. The normalized spacial score (nSPS) is 18.0. The quantitative estimate of drug-likeness (QED) is 0.821. The topological polar surface area (TPSA) is 82.3 Å². The molecule has 158 valence electrons. The molecule has 1 N–H and O–H groups in total. The van der Waals surface area contributed by atoms with E-state index in [2.05, 4.69) is 12.2 Å². The molecule has 0 fully saturated rings. The molecule has 2 aliphatic rings. The lowest BCUT2D eigenvalue weighted by Crippen LogP contribution is -2.44. The van der Waals surface area contributed by atoms with Gasteiger partial charge in [0.05, 0.1) is 12.7 Å². The molecule has 0 bridgehead atoms. The number of Topliss-reactive ketones (excluding diaryl/α,β-unsaturated/α-hetero) is 1. The zero-order chi connectivity index (χ0) is 21.4. The Kier molecular flexibility index (Phi) is 5.37. The van der Waals surface area contributed by atoms with Gasteiger partial charge in [-0.15, -0.1) is 0 Å². The minimum atomic E-state index is -0.498. The van der Waals surface area contributed by atoms with E-state index in [1.54, 1.807) is 11.7 Å². The lowest BCUT2D eigenvalue weighted by molar-refractivity contribution is -0.116. The van der Waals surface area contributed by atoms with Gasteiger partial charge < -0.3 is 10.1 Å². The van der Waals surface area contributed by atoms with Gasteiger partial charge in [-0.2, -0.15) is 0 Å². The van der Waals surface area contributed by atoms with Gasteiger partial charge in [0, 0.05) is 37.2 Å². The molecule has 2 aromatic rings. The van der Waals surface area contributed by atoms with Crippen LogP contribution in [0.1, 0.15) is 56.1 Å². The lowest BCUT2D eigenvalue weighted by Gasteiger charge is -2.35. The Morgan fingerprint density at radius 3 is 2.53 bits per heavy atom. The van der Waals surface area contributed by atoms with Crippen molar-refractivity contribution in [3.05, 3.63) is 67.5 Å². The van der Waals surface area contributed by atoms with Crippen LogP contribution in [0.25, 0.3) is 0 Å². The van der Waals surface area contributed by atoms with Crippen molar-refractivity contribution in [3.63, 3.8) is 0 Å². The molecule has 30 heavy (non-hydrogen) atoms. The van der Waals surface area contributed by atoms with E-state index in [1.807, 2.05) is 24.3 Å². The zero-order valence-electron chi connectivity index (χ0n) is 17.7. The molecule has 0 spiro atoms. The first kappa shape index (κ1) is 20.2. The van der Waals surface area contributed by atoms with Crippen LogP contribution in [0.3, 0.4) is 0 Å². The first-order chi connectivity index (χ1) is 14.5. The summed E-state index contributed by atoms with van der Waals surface area (Å²) in [4.78, 5) is 39.2. The highest BCUT2D eigenvalue weighted by Crippen LogP contribution is 2.43. The van der Waals surface area contributed by atoms with Gasteiger partial charge in [-0.3, -0.25) is 18.7 Å². The summed E-state index contributed by atoms with van der Waals surface area (Å²) in [6.07, 6.45) is 3.71. The number of hydrogen-bond donors (Lipinski definition) is 1. The van der Waals surface area contributed by atoms with Crippen LogP contribution in [0.15, 0.2) is 45.1 Å². The fraction of sp³-hybridized carbons (Fsp3) is 0.435. The summed E-state index contributed by atoms with van der Waals surface area (Å²) in [5.74, 6) is 0.800. The standard InChI is InChI=1S/C23H27N3O4/c1-4-5-13-26-21-20(22(28)25(2)23(26)29)18(14-9-11-15(30-3)12-10-14)19-16(24-21)7-6-8-17(19)27/h9-12,18,24H,4-8,13H2,1-3H3/t18-/m1/s1. The first-order valence-electron chi connectivity index (χ1n) is 10.5. The van der Waals surface area contributed by atoms with Gasteiger partial charge in [-0.1, -0.05) is 25.5 Å². The Bertz CT molecular complexity index is 1140. The first-order valence-corrected chi connectivity index (χ1v) is 10.5. The van der Waals surface area contributed by atoms with Crippen molar-refractivity contribution in [2.75, 3.05) is 12.4 Å². The second-order valence-electron chi connectivity index (χ2n) is 7.91. The molecule has 7 nitrogen and oxygen atoms in total. The third-order valence-electron chi connectivity index (χ3n) is 6.07. The molecule has 1 atom stereocenters. The van der Waals surface area contributed by atoms with Crippen LogP contribution >= 0.6 is 0 Å². The maximum atomic E-state index is 13.3. The summed E-state index contributed by atoms with van der Waals surface area (Å²) in [6.45, 7) is 2.58. The second kappa shape index (κ2) is 7.97. The number of methoxy groups -OCH3 is 1. The molecular weight excluding hydrogens is 382 g/mol. The molecule has 0 amide bonds. The highest BCUT2D eigenvalue weighted by atomic mass is 16.5. The number of carbonyl (C=O) groups is 1. The van der Waals surface area contributed by atoms with Crippen molar-refractivity contribution in [2.24, 2.45) is 7.05 Å². The maximum absolute atomic E-state index is 13.3. The van der Waals surface area contributed by atoms with Crippen LogP contribution in [0.5, 0.6) is 5.75 Å². The highest BCUT2D eigenvalue weighted by Gasteiger charge is 2.38. The maximum Gasteiger partial charge on any atom is 0.332 e. The number of rotatable bonds is 5. The van der Waals surface area contributed by atoms with Gasteiger partial charge in [0.25, 0.3) is 5.56 Å². The van der Waals surface area contributed by atoms with Crippen LogP contribution in [-0.2, 0) is 18.4 Å². The third-order valence-corrected chi connectivity index (χ3v) is 6.07. The van der Waals surface area contributed by atoms with Crippen LogP contribution in [-0.4, -0.2) is 22.0 Å². The van der Waals surface area contributed by atoms with Crippen molar-refractivity contribution in [2.45, 2.75) is 51.5 Å². The van der Waals surface area contributed by atoms with Crippen LogP contribution in [0.2, 0.25) is 0 Å². The predicted octanol–water partition coefficient (Wildman–Crippen LogP) is 2.92. The number of nitrogens with zero attached hydrogens (tertiary/aromatic N) is 2. The summed E-state index contributed by atoms with van der Waals surface area (Å²) in [7, 11) is 3.10. The van der Waals surface area contributed by atoms with Gasteiger partial charge >= 0.3 is 5.69 Å².